The Labute approximate surface area is 180 Å². The zero-order valence-electron chi connectivity index (χ0n) is 17.5. The zero-order valence-corrected chi connectivity index (χ0v) is 17.5. The lowest BCUT2D eigenvalue weighted by Crippen LogP contribution is -2.39. The number of ether oxygens (including phenoxy) is 2. The molecule has 2 atom stereocenters. The summed E-state index contributed by atoms with van der Waals surface area (Å²) in [7, 11) is 1.70. The van der Waals surface area contributed by atoms with Crippen molar-refractivity contribution in [1.29, 1.82) is 0 Å². The van der Waals surface area contributed by atoms with Crippen molar-refractivity contribution in [3.63, 3.8) is 0 Å². The van der Waals surface area contributed by atoms with Crippen LogP contribution in [0.2, 0.25) is 0 Å². The van der Waals surface area contributed by atoms with E-state index in [9.17, 15) is 18.4 Å². The average Bonchev–Trinajstić information content (AvgIpc) is 3.22. The molecule has 31 heavy (non-hydrogen) atoms. The molecule has 8 heteroatoms. The molecule has 0 saturated heterocycles. The Morgan fingerprint density at radius 2 is 1.61 bits per heavy atom. The van der Waals surface area contributed by atoms with E-state index in [0.717, 1.165) is 24.0 Å². The van der Waals surface area contributed by atoms with E-state index < -0.39 is 12.7 Å². The van der Waals surface area contributed by atoms with Crippen LogP contribution in [-0.2, 0) is 4.79 Å². The zero-order chi connectivity index (χ0) is 22.4. The molecular formula is C23H26F2N2O4. The molecule has 3 rings (SSSR count). The first kappa shape index (κ1) is 22.5. The van der Waals surface area contributed by atoms with Crippen LogP contribution in [0.25, 0.3) is 11.1 Å². The van der Waals surface area contributed by atoms with Gasteiger partial charge in [0.2, 0.25) is 5.91 Å². The third-order valence-corrected chi connectivity index (χ3v) is 5.40. The number of benzene rings is 2. The van der Waals surface area contributed by atoms with Crippen molar-refractivity contribution in [3.8, 4) is 22.6 Å². The molecule has 166 valence electrons. The highest BCUT2D eigenvalue weighted by atomic mass is 19.3. The summed E-state index contributed by atoms with van der Waals surface area (Å²) in [6.45, 7) is -1.05. The first-order chi connectivity index (χ1) is 14.9. The van der Waals surface area contributed by atoms with Crippen molar-refractivity contribution in [3.05, 3.63) is 48.5 Å². The van der Waals surface area contributed by atoms with Crippen LogP contribution >= 0.6 is 0 Å². The summed E-state index contributed by atoms with van der Waals surface area (Å²) in [5.41, 5.74) is 1.67. The molecule has 0 spiro atoms. The Kier molecular flexibility index (Phi) is 7.44. The predicted molar refractivity (Wildman–Crippen MR) is 112 cm³/mol. The van der Waals surface area contributed by atoms with E-state index in [1.807, 2.05) is 6.92 Å². The first-order valence-corrected chi connectivity index (χ1v) is 10.2. The van der Waals surface area contributed by atoms with Crippen LogP contribution in [0.15, 0.2) is 48.5 Å². The van der Waals surface area contributed by atoms with Crippen molar-refractivity contribution >= 4 is 12.0 Å². The molecule has 0 bridgehead atoms. The van der Waals surface area contributed by atoms with E-state index in [-0.39, 0.29) is 23.7 Å². The Morgan fingerprint density at radius 3 is 2.16 bits per heavy atom. The maximum absolute atomic E-state index is 12.5. The molecular weight excluding hydrogens is 406 g/mol. The highest BCUT2D eigenvalue weighted by molar-refractivity contribution is 5.76. The van der Waals surface area contributed by atoms with Gasteiger partial charge in [-0.25, -0.2) is 4.79 Å². The standard InChI is InChI=1S/C23H26F2N2O4/c1-3-21(28)26-17-8-9-18(14-17)27(2)23(29)31-20-12-6-16(7-13-20)15-4-10-19(11-5-15)30-22(24)25/h4-7,10-13,17-18,22H,3,8-9,14H2,1-2H3,(H,26,28)/t17-,18+/m0/s1. The second-order valence-corrected chi connectivity index (χ2v) is 7.49. The topological polar surface area (TPSA) is 67.9 Å². The van der Waals surface area contributed by atoms with E-state index in [1.165, 1.54) is 12.1 Å². The Morgan fingerprint density at radius 1 is 1.03 bits per heavy atom. The number of amides is 2. The molecule has 1 aliphatic rings. The summed E-state index contributed by atoms with van der Waals surface area (Å²) in [6, 6.07) is 13.4. The summed E-state index contributed by atoms with van der Waals surface area (Å²) in [5.74, 6) is 0.523. The van der Waals surface area contributed by atoms with Gasteiger partial charge in [-0.05, 0) is 54.7 Å². The SMILES string of the molecule is CCC(=O)N[C@H]1CC[C@@H](N(C)C(=O)Oc2ccc(-c3ccc(OC(F)F)cc3)cc2)C1. The largest absolute Gasteiger partial charge is 0.435 e. The molecule has 0 radical (unpaired) electrons. The Hall–Kier alpha value is -3.16. The van der Waals surface area contributed by atoms with Gasteiger partial charge in [0.05, 0.1) is 0 Å². The van der Waals surface area contributed by atoms with Crippen LogP contribution in [0, 0.1) is 0 Å². The van der Waals surface area contributed by atoms with Gasteiger partial charge in [-0.15, -0.1) is 0 Å². The Balaban J connectivity index is 1.54. The summed E-state index contributed by atoms with van der Waals surface area (Å²) in [6.07, 6.45) is 2.35. The molecule has 6 nitrogen and oxygen atoms in total. The molecule has 0 unspecified atom stereocenters. The maximum Gasteiger partial charge on any atom is 0.415 e. The maximum atomic E-state index is 12.5. The monoisotopic (exact) mass is 432 g/mol. The molecule has 1 aliphatic carbocycles. The van der Waals surface area contributed by atoms with Gasteiger partial charge in [-0.1, -0.05) is 31.2 Å². The van der Waals surface area contributed by atoms with Gasteiger partial charge in [-0.2, -0.15) is 8.78 Å². The third kappa shape index (κ3) is 6.16. The predicted octanol–water partition coefficient (Wildman–Crippen LogP) is 4.83. The highest BCUT2D eigenvalue weighted by Crippen LogP contribution is 2.27. The molecule has 1 saturated carbocycles. The smallest absolute Gasteiger partial charge is 0.415 e. The number of carbonyl (C=O) groups is 2. The van der Waals surface area contributed by atoms with E-state index in [0.29, 0.717) is 18.6 Å². The normalized spacial score (nSPS) is 18.0. The summed E-state index contributed by atoms with van der Waals surface area (Å²) in [5, 5.41) is 2.97. The van der Waals surface area contributed by atoms with Crippen molar-refractivity contribution in [2.75, 3.05) is 7.05 Å². The van der Waals surface area contributed by atoms with Gasteiger partial charge in [0.15, 0.2) is 0 Å². The molecule has 2 aromatic rings. The lowest BCUT2D eigenvalue weighted by molar-refractivity contribution is -0.121. The number of nitrogens with zero attached hydrogens (tertiary/aromatic N) is 1. The van der Waals surface area contributed by atoms with Crippen LogP contribution in [0.5, 0.6) is 11.5 Å². The Bertz CT molecular complexity index is 887. The molecule has 0 aromatic heterocycles. The van der Waals surface area contributed by atoms with Crippen LogP contribution in [0.4, 0.5) is 13.6 Å². The van der Waals surface area contributed by atoms with Crippen LogP contribution in [0.1, 0.15) is 32.6 Å². The van der Waals surface area contributed by atoms with Gasteiger partial charge >= 0.3 is 12.7 Å². The number of halogens is 2. The van der Waals surface area contributed by atoms with Crippen molar-refractivity contribution in [1.82, 2.24) is 10.2 Å². The van der Waals surface area contributed by atoms with Crippen molar-refractivity contribution < 1.29 is 27.8 Å². The quantitative estimate of drug-likeness (QED) is 0.680. The van der Waals surface area contributed by atoms with Crippen molar-refractivity contribution in [2.24, 2.45) is 0 Å². The lowest BCUT2D eigenvalue weighted by atomic mass is 10.1. The minimum Gasteiger partial charge on any atom is -0.435 e. The molecule has 1 N–H and O–H groups in total. The molecule has 2 amide bonds. The number of nitrogens with one attached hydrogen (secondary N) is 1. The summed E-state index contributed by atoms with van der Waals surface area (Å²) >= 11 is 0. The summed E-state index contributed by atoms with van der Waals surface area (Å²) in [4.78, 5) is 25.6. The average molecular weight is 432 g/mol. The minimum atomic E-state index is -2.86. The summed E-state index contributed by atoms with van der Waals surface area (Å²) < 4.78 is 34.3. The van der Waals surface area contributed by atoms with E-state index in [2.05, 4.69) is 10.1 Å². The molecule has 1 fully saturated rings. The molecule has 0 heterocycles. The van der Waals surface area contributed by atoms with Crippen LogP contribution in [0.3, 0.4) is 0 Å². The number of hydrogen-bond acceptors (Lipinski definition) is 4. The fraction of sp³-hybridized carbons (Fsp3) is 0.391. The molecule has 2 aromatic carbocycles. The van der Waals surface area contributed by atoms with Gasteiger partial charge in [0, 0.05) is 25.6 Å². The van der Waals surface area contributed by atoms with Gasteiger partial charge in [-0.3, -0.25) is 4.79 Å². The van der Waals surface area contributed by atoms with Crippen LogP contribution < -0.4 is 14.8 Å². The fourth-order valence-electron chi connectivity index (χ4n) is 3.64. The number of rotatable bonds is 7. The first-order valence-electron chi connectivity index (χ1n) is 10.2. The second kappa shape index (κ2) is 10.2. The van der Waals surface area contributed by atoms with Gasteiger partial charge in [0.1, 0.15) is 11.5 Å². The fourth-order valence-corrected chi connectivity index (χ4v) is 3.64. The number of alkyl halides is 2. The van der Waals surface area contributed by atoms with E-state index in [4.69, 9.17) is 4.74 Å². The van der Waals surface area contributed by atoms with Gasteiger partial charge < -0.3 is 19.7 Å². The van der Waals surface area contributed by atoms with Crippen LogP contribution in [-0.4, -0.2) is 42.6 Å². The number of carbonyl (C=O) groups excluding carboxylic acids is 2. The second-order valence-electron chi connectivity index (χ2n) is 7.49. The molecule has 0 aliphatic heterocycles. The van der Waals surface area contributed by atoms with Gasteiger partial charge in [0.25, 0.3) is 0 Å². The lowest BCUT2D eigenvalue weighted by Gasteiger charge is -2.24. The minimum absolute atomic E-state index is 0.0166. The van der Waals surface area contributed by atoms with E-state index >= 15 is 0 Å². The number of hydrogen-bond donors (Lipinski definition) is 1. The van der Waals surface area contributed by atoms with Crippen molar-refractivity contribution in [2.45, 2.75) is 51.3 Å². The third-order valence-electron chi connectivity index (χ3n) is 5.40. The van der Waals surface area contributed by atoms with E-state index in [1.54, 1.807) is 48.3 Å². The highest BCUT2D eigenvalue weighted by Gasteiger charge is 2.31.